The first-order valence-corrected chi connectivity index (χ1v) is 7.29. The minimum absolute atomic E-state index is 0.171. The largest absolute Gasteiger partial charge is 0.491 e. The second-order valence-electron chi connectivity index (χ2n) is 5.26. The lowest BCUT2D eigenvalue weighted by Crippen LogP contribution is -2.41. The quantitative estimate of drug-likeness (QED) is 0.657. The molecule has 1 aliphatic heterocycles. The molecule has 2 N–H and O–H groups in total. The highest BCUT2D eigenvalue weighted by molar-refractivity contribution is 6.60. The molecule has 1 aromatic rings. The zero-order chi connectivity index (χ0) is 16.0. The zero-order valence-corrected chi connectivity index (χ0v) is 13.3. The third-order valence-corrected chi connectivity index (χ3v) is 3.19. The van der Waals surface area contributed by atoms with E-state index in [1.165, 1.54) is 0 Å². The first-order valence-electron chi connectivity index (χ1n) is 7.29. The lowest BCUT2D eigenvalue weighted by Gasteiger charge is -2.24. The van der Waals surface area contributed by atoms with Gasteiger partial charge in [0, 0.05) is 12.1 Å². The number of anilines is 1. The Hall–Kier alpha value is -1.59. The third kappa shape index (κ3) is 4.72. The first kappa shape index (κ1) is 17.5. The molecule has 1 aromatic carbocycles. The summed E-state index contributed by atoms with van der Waals surface area (Å²) in [6.45, 7) is 11.7. The van der Waals surface area contributed by atoms with Gasteiger partial charge in [-0.3, -0.25) is 4.79 Å². The van der Waals surface area contributed by atoms with Crippen LogP contribution in [0, 0.1) is 0 Å². The molecule has 5 heteroatoms. The number of hydrogen-bond donors (Lipinski definition) is 2. The number of benzene rings is 1. The van der Waals surface area contributed by atoms with Crippen molar-refractivity contribution in [3.8, 4) is 0 Å². The summed E-state index contributed by atoms with van der Waals surface area (Å²) in [6, 6.07) is 5.46. The standard InChI is InChI=1S/C14H18BNO3.C2H6/c1-4-14(2,3)19-15(18)11-6-5-10-7-12(17)9-16-13(10)8-11;1-2/h4-6,8,16,18H,1,7,9H2,2-3H3;1-2H3. The van der Waals surface area contributed by atoms with E-state index in [1.54, 1.807) is 12.1 Å². The van der Waals surface area contributed by atoms with Crippen molar-refractivity contribution in [2.45, 2.75) is 39.7 Å². The fraction of sp³-hybridized carbons (Fsp3) is 0.438. The predicted octanol–water partition coefficient (Wildman–Crippen LogP) is 1.92. The van der Waals surface area contributed by atoms with Crippen LogP contribution in [-0.4, -0.2) is 30.1 Å². The summed E-state index contributed by atoms with van der Waals surface area (Å²) in [5.41, 5.74) is 1.90. The van der Waals surface area contributed by atoms with Gasteiger partial charge in [0.25, 0.3) is 0 Å². The summed E-state index contributed by atoms with van der Waals surface area (Å²) in [6.07, 6.45) is 2.09. The van der Waals surface area contributed by atoms with Crippen LogP contribution in [0.15, 0.2) is 30.9 Å². The van der Waals surface area contributed by atoms with E-state index < -0.39 is 12.7 Å². The van der Waals surface area contributed by atoms with Gasteiger partial charge in [0.15, 0.2) is 5.78 Å². The molecule has 0 atom stereocenters. The number of nitrogens with one attached hydrogen (secondary N) is 1. The van der Waals surface area contributed by atoms with Crippen molar-refractivity contribution in [3.05, 3.63) is 36.4 Å². The van der Waals surface area contributed by atoms with Crippen molar-refractivity contribution >= 4 is 24.1 Å². The minimum atomic E-state index is -1.02. The molecule has 0 spiro atoms. The molecular weight excluding hydrogens is 265 g/mol. The van der Waals surface area contributed by atoms with E-state index in [4.69, 9.17) is 4.65 Å². The predicted molar refractivity (Wildman–Crippen MR) is 88.0 cm³/mol. The van der Waals surface area contributed by atoms with E-state index in [0.29, 0.717) is 18.4 Å². The van der Waals surface area contributed by atoms with E-state index in [1.807, 2.05) is 39.8 Å². The molecule has 0 saturated heterocycles. The van der Waals surface area contributed by atoms with E-state index in [2.05, 4.69) is 11.9 Å². The topological polar surface area (TPSA) is 58.6 Å². The minimum Gasteiger partial charge on any atom is -0.423 e. The van der Waals surface area contributed by atoms with Crippen molar-refractivity contribution < 1.29 is 14.5 Å². The third-order valence-electron chi connectivity index (χ3n) is 3.19. The molecule has 0 saturated carbocycles. The number of fused-ring (bicyclic) bond motifs is 1. The van der Waals surface area contributed by atoms with Gasteiger partial charge in [0.2, 0.25) is 0 Å². The molecule has 0 bridgehead atoms. The highest BCUT2D eigenvalue weighted by Gasteiger charge is 2.26. The Morgan fingerprint density at radius 1 is 1.43 bits per heavy atom. The number of rotatable bonds is 4. The van der Waals surface area contributed by atoms with Crippen LogP contribution in [0.2, 0.25) is 0 Å². The molecule has 1 aliphatic rings. The van der Waals surface area contributed by atoms with Crippen molar-refractivity contribution in [1.82, 2.24) is 0 Å². The lowest BCUT2D eigenvalue weighted by atomic mass is 9.77. The SMILES string of the molecule is C=CC(C)(C)OB(O)c1ccc2c(c1)NCC(=O)C2.CC. The summed E-state index contributed by atoms with van der Waals surface area (Å²) in [4.78, 5) is 11.3. The molecule has 0 radical (unpaired) electrons. The molecule has 4 nitrogen and oxygen atoms in total. The fourth-order valence-corrected chi connectivity index (χ4v) is 1.94. The molecule has 1 heterocycles. The number of carbonyl (C=O) groups excluding carboxylic acids is 1. The van der Waals surface area contributed by atoms with Gasteiger partial charge in [0.1, 0.15) is 0 Å². The average molecular weight is 289 g/mol. The highest BCUT2D eigenvalue weighted by Crippen LogP contribution is 2.19. The van der Waals surface area contributed by atoms with Crippen molar-refractivity contribution in [1.29, 1.82) is 0 Å². The van der Waals surface area contributed by atoms with Crippen molar-refractivity contribution in [3.63, 3.8) is 0 Å². The summed E-state index contributed by atoms with van der Waals surface area (Å²) in [7, 11) is -1.02. The average Bonchev–Trinajstić information content (AvgIpc) is 2.48. The summed E-state index contributed by atoms with van der Waals surface area (Å²) < 4.78 is 5.53. The maximum absolute atomic E-state index is 11.3. The van der Waals surface area contributed by atoms with Gasteiger partial charge in [-0.05, 0) is 30.9 Å². The maximum Gasteiger partial charge on any atom is 0.491 e. The summed E-state index contributed by atoms with van der Waals surface area (Å²) in [5.74, 6) is 0.171. The van der Waals surface area contributed by atoms with Crippen LogP contribution in [0.3, 0.4) is 0 Å². The maximum atomic E-state index is 11.3. The summed E-state index contributed by atoms with van der Waals surface area (Å²) >= 11 is 0. The number of ketones is 1. The molecule has 114 valence electrons. The molecular formula is C16H24BNO3. The van der Waals surface area contributed by atoms with Crippen LogP contribution in [0.1, 0.15) is 33.3 Å². The van der Waals surface area contributed by atoms with Crippen molar-refractivity contribution in [2.75, 3.05) is 11.9 Å². The molecule has 0 unspecified atom stereocenters. The van der Waals surface area contributed by atoms with Crippen LogP contribution in [0.4, 0.5) is 5.69 Å². The summed E-state index contributed by atoms with van der Waals surface area (Å²) in [5, 5.41) is 13.1. The van der Waals surface area contributed by atoms with E-state index in [9.17, 15) is 9.82 Å². The molecule has 0 aromatic heterocycles. The van der Waals surface area contributed by atoms with Gasteiger partial charge >= 0.3 is 7.12 Å². The molecule has 21 heavy (non-hydrogen) atoms. The molecule has 0 aliphatic carbocycles. The van der Waals surface area contributed by atoms with Crippen LogP contribution in [0.25, 0.3) is 0 Å². The Balaban J connectivity index is 0.00000106. The monoisotopic (exact) mass is 289 g/mol. The normalized spacial score (nSPS) is 13.5. The first-order chi connectivity index (χ1) is 9.91. The van der Waals surface area contributed by atoms with Crippen LogP contribution in [-0.2, 0) is 15.9 Å². The van der Waals surface area contributed by atoms with Crippen molar-refractivity contribution in [2.24, 2.45) is 0 Å². The van der Waals surface area contributed by atoms with Gasteiger partial charge in [-0.2, -0.15) is 0 Å². The van der Waals surface area contributed by atoms with E-state index >= 15 is 0 Å². The molecule has 2 rings (SSSR count). The molecule has 0 amide bonds. The Morgan fingerprint density at radius 3 is 2.71 bits per heavy atom. The number of hydrogen-bond acceptors (Lipinski definition) is 4. The Morgan fingerprint density at radius 2 is 2.10 bits per heavy atom. The Labute approximate surface area is 127 Å². The molecule has 0 fully saturated rings. The van der Waals surface area contributed by atoms with Gasteiger partial charge in [-0.25, -0.2) is 0 Å². The highest BCUT2D eigenvalue weighted by atomic mass is 16.5. The van der Waals surface area contributed by atoms with Crippen LogP contribution < -0.4 is 10.8 Å². The van der Waals surface area contributed by atoms with Gasteiger partial charge < -0.3 is 15.0 Å². The van der Waals surface area contributed by atoms with Crippen LogP contribution >= 0.6 is 0 Å². The Bertz CT molecular complexity index is 514. The fourth-order valence-electron chi connectivity index (χ4n) is 1.94. The van der Waals surface area contributed by atoms with E-state index in [-0.39, 0.29) is 5.78 Å². The number of carbonyl (C=O) groups is 1. The van der Waals surface area contributed by atoms with Crippen LogP contribution in [0.5, 0.6) is 0 Å². The smallest absolute Gasteiger partial charge is 0.423 e. The zero-order valence-electron chi connectivity index (χ0n) is 13.3. The Kier molecular flexibility index (Phi) is 6.18. The van der Waals surface area contributed by atoms with E-state index in [0.717, 1.165) is 11.3 Å². The van der Waals surface area contributed by atoms with Gasteiger partial charge in [-0.1, -0.05) is 32.1 Å². The second kappa shape index (κ2) is 7.43. The number of Topliss-reactive ketones (excluding diaryl/α,β-unsaturated/α-hetero) is 1. The second-order valence-corrected chi connectivity index (χ2v) is 5.26. The van der Waals surface area contributed by atoms with Gasteiger partial charge in [0.05, 0.1) is 12.1 Å². The van der Waals surface area contributed by atoms with Gasteiger partial charge in [-0.15, -0.1) is 6.58 Å². The lowest BCUT2D eigenvalue weighted by molar-refractivity contribution is -0.117.